The molecule has 5 rings (SSSR count). The van der Waals surface area contributed by atoms with E-state index in [1.807, 2.05) is 6.92 Å². The number of amides is 2. The summed E-state index contributed by atoms with van der Waals surface area (Å²) in [6.07, 6.45) is 7.85. The number of carbonyl (C=O) groups excluding carboxylic acids is 2. The Bertz CT molecular complexity index is 1040. The predicted molar refractivity (Wildman–Crippen MR) is 110 cm³/mol. The summed E-state index contributed by atoms with van der Waals surface area (Å²) in [5.74, 6) is 0.478. The molecule has 0 bridgehead atoms. The van der Waals surface area contributed by atoms with Crippen LogP contribution in [0.15, 0.2) is 11.8 Å². The van der Waals surface area contributed by atoms with Gasteiger partial charge < -0.3 is 15.4 Å². The Morgan fingerprint density at radius 2 is 2.17 bits per heavy atom. The third-order valence-electron chi connectivity index (χ3n) is 5.72. The molecule has 3 aliphatic rings. The van der Waals surface area contributed by atoms with Gasteiger partial charge in [-0.3, -0.25) is 14.9 Å². The minimum absolute atomic E-state index is 0.0689. The number of aromatic nitrogens is 4. The average molecular weight is 411 g/mol. The van der Waals surface area contributed by atoms with Crippen LogP contribution in [0.4, 0.5) is 11.9 Å². The molecule has 158 valence electrons. The number of anilines is 2. The number of fused-ring (bicyclic) bond motifs is 1. The second-order valence-electron chi connectivity index (χ2n) is 8.34. The average Bonchev–Trinajstić information content (AvgIpc) is 3.63. The first-order valence-electron chi connectivity index (χ1n) is 10.4. The highest BCUT2D eigenvalue weighted by Crippen LogP contribution is 2.45. The molecule has 0 spiro atoms. The number of carbonyl (C=O) groups is 2. The topological polar surface area (TPSA) is 123 Å². The lowest BCUT2D eigenvalue weighted by atomic mass is 10.1. The van der Waals surface area contributed by atoms with E-state index in [0.29, 0.717) is 41.3 Å². The lowest BCUT2D eigenvalue weighted by Gasteiger charge is -2.16. The van der Waals surface area contributed by atoms with E-state index in [0.717, 1.165) is 38.8 Å². The minimum atomic E-state index is -0.366. The van der Waals surface area contributed by atoms with Crippen LogP contribution in [0.25, 0.3) is 11.7 Å². The highest BCUT2D eigenvalue weighted by Gasteiger charge is 2.42. The first-order chi connectivity index (χ1) is 14.5. The molecule has 3 heterocycles. The summed E-state index contributed by atoms with van der Waals surface area (Å²) in [6, 6.07) is 0.396. The first kappa shape index (κ1) is 19.0. The number of nitrogens with zero attached hydrogens (tertiary/aromatic N) is 4. The van der Waals surface area contributed by atoms with Gasteiger partial charge in [0.15, 0.2) is 5.65 Å². The maximum atomic E-state index is 11.9. The van der Waals surface area contributed by atoms with Crippen molar-refractivity contribution >= 4 is 35.4 Å². The standard InChI is InChI=1S/C20H25N7O3/c1-2-30-11-20(5-6-20)10-21-18-25-16-13(7-12-8-15(28)24-17(12)29)9-22-27(16)19(26-18)23-14-3-4-14/h7,9,14H,2-6,8,10-11H2,1H3,(H,24,28,29)(H2,21,23,25,26)/b12-7+. The van der Waals surface area contributed by atoms with Crippen LogP contribution in [0.1, 0.15) is 44.6 Å². The van der Waals surface area contributed by atoms with Gasteiger partial charge in [0.05, 0.1) is 19.2 Å². The van der Waals surface area contributed by atoms with E-state index in [4.69, 9.17) is 4.74 Å². The fraction of sp³-hybridized carbons (Fsp3) is 0.550. The second kappa shape index (κ2) is 7.35. The summed E-state index contributed by atoms with van der Waals surface area (Å²) in [4.78, 5) is 32.7. The third kappa shape index (κ3) is 3.87. The van der Waals surface area contributed by atoms with E-state index in [1.165, 1.54) is 0 Å². The molecule has 10 nitrogen and oxygen atoms in total. The summed E-state index contributed by atoms with van der Waals surface area (Å²) >= 11 is 0. The summed E-state index contributed by atoms with van der Waals surface area (Å²) in [5, 5.41) is 13.5. The predicted octanol–water partition coefficient (Wildman–Crippen LogP) is 1.36. The molecule has 3 N–H and O–H groups in total. The lowest BCUT2D eigenvalue weighted by Crippen LogP contribution is -2.23. The molecule has 0 radical (unpaired) electrons. The second-order valence-corrected chi connectivity index (χ2v) is 8.34. The van der Waals surface area contributed by atoms with Crippen LogP contribution < -0.4 is 16.0 Å². The Kier molecular flexibility index (Phi) is 4.65. The van der Waals surface area contributed by atoms with Gasteiger partial charge in [0, 0.05) is 35.7 Å². The fourth-order valence-corrected chi connectivity index (χ4v) is 3.52. The molecule has 1 saturated heterocycles. The molecule has 2 aliphatic carbocycles. The molecule has 30 heavy (non-hydrogen) atoms. The van der Waals surface area contributed by atoms with Crippen LogP contribution in [-0.4, -0.2) is 57.2 Å². The number of hydrogen-bond acceptors (Lipinski definition) is 8. The number of rotatable bonds is 9. The van der Waals surface area contributed by atoms with Gasteiger partial charge in [0.2, 0.25) is 17.8 Å². The van der Waals surface area contributed by atoms with E-state index in [-0.39, 0.29) is 23.7 Å². The van der Waals surface area contributed by atoms with Crippen LogP contribution >= 0.6 is 0 Å². The van der Waals surface area contributed by atoms with Crippen molar-refractivity contribution in [1.82, 2.24) is 24.9 Å². The SMILES string of the molecule is CCOCC1(CNc2nc(NC3CC3)n3ncc(/C=C4\CC(=O)NC4=O)c3n2)CC1. The van der Waals surface area contributed by atoms with Crippen LogP contribution in [0, 0.1) is 5.41 Å². The monoisotopic (exact) mass is 411 g/mol. The third-order valence-corrected chi connectivity index (χ3v) is 5.72. The molecule has 10 heteroatoms. The number of nitrogens with one attached hydrogen (secondary N) is 3. The van der Waals surface area contributed by atoms with E-state index in [9.17, 15) is 9.59 Å². The van der Waals surface area contributed by atoms with Crippen molar-refractivity contribution in [3.05, 3.63) is 17.3 Å². The van der Waals surface area contributed by atoms with Gasteiger partial charge in [-0.1, -0.05) is 0 Å². The van der Waals surface area contributed by atoms with E-state index < -0.39 is 0 Å². The quantitative estimate of drug-likeness (QED) is 0.418. The Hall–Kier alpha value is -3.01. The normalized spacial score (nSPS) is 21.3. The van der Waals surface area contributed by atoms with Gasteiger partial charge in [-0.05, 0) is 38.7 Å². The van der Waals surface area contributed by atoms with Crippen molar-refractivity contribution in [2.75, 3.05) is 30.4 Å². The lowest BCUT2D eigenvalue weighted by molar-refractivity contribution is -0.124. The maximum absolute atomic E-state index is 11.9. The van der Waals surface area contributed by atoms with Crippen molar-refractivity contribution in [1.29, 1.82) is 0 Å². The van der Waals surface area contributed by atoms with Crippen LogP contribution in [0.3, 0.4) is 0 Å². The van der Waals surface area contributed by atoms with Crippen LogP contribution in [0.5, 0.6) is 0 Å². The zero-order valence-corrected chi connectivity index (χ0v) is 16.9. The largest absolute Gasteiger partial charge is 0.381 e. The van der Waals surface area contributed by atoms with E-state index in [2.05, 4.69) is 31.0 Å². The zero-order valence-electron chi connectivity index (χ0n) is 16.9. The molecule has 3 fully saturated rings. The molecular weight excluding hydrogens is 386 g/mol. The maximum Gasteiger partial charge on any atom is 0.254 e. The summed E-state index contributed by atoms with van der Waals surface area (Å²) in [5.41, 5.74) is 1.83. The van der Waals surface area contributed by atoms with E-state index >= 15 is 0 Å². The summed E-state index contributed by atoms with van der Waals surface area (Å²) in [7, 11) is 0. The Labute approximate surface area is 173 Å². The summed E-state index contributed by atoms with van der Waals surface area (Å²) in [6.45, 7) is 4.19. The van der Waals surface area contributed by atoms with Gasteiger partial charge in [-0.15, -0.1) is 0 Å². The molecule has 2 aromatic rings. The molecule has 0 atom stereocenters. The number of ether oxygens (including phenoxy) is 1. The highest BCUT2D eigenvalue weighted by molar-refractivity contribution is 6.15. The van der Waals surface area contributed by atoms with Crippen LogP contribution in [0.2, 0.25) is 0 Å². The van der Waals surface area contributed by atoms with E-state index in [1.54, 1.807) is 16.8 Å². The molecule has 0 unspecified atom stereocenters. The van der Waals surface area contributed by atoms with Crippen LogP contribution in [-0.2, 0) is 14.3 Å². The molecule has 2 saturated carbocycles. The number of hydrogen-bond donors (Lipinski definition) is 3. The van der Waals surface area contributed by atoms with Crippen molar-refractivity contribution in [3.63, 3.8) is 0 Å². The molecular formula is C20H25N7O3. The zero-order chi connectivity index (χ0) is 20.7. The van der Waals surface area contributed by atoms with Gasteiger partial charge in [0.25, 0.3) is 5.91 Å². The Balaban J connectivity index is 1.44. The van der Waals surface area contributed by atoms with Crippen molar-refractivity contribution in [2.24, 2.45) is 5.41 Å². The Morgan fingerprint density at radius 1 is 1.33 bits per heavy atom. The highest BCUT2D eigenvalue weighted by atomic mass is 16.5. The van der Waals surface area contributed by atoms with Gasteiger partial charge in [-0.25, -0.2) is 0 Å². The van der Waals surface area contributed by atoms with Gasteiger partial charge >= 0.3 is 0 Å². The first-order valence-corrected chi connectivity index (χ1v) is 10.4. The summed E-state index contributed by atoms with van der Waals surface area (Å²) < 4.78 is 7.27. The smallest absolute Gasteiger partial charge is 0.254 e. The molecule has 2 aromatic heterocycles. The van der Waals surface area contributed by atoms with Gasteiger partial charge in [-0.2, -0.15) is 19.6 Å². The van der Waals surface area contributed by atoms with Crippen molar-refractivity contribution in [2.45, 2.75) is 45.1 Å². The fourth-order valence-electron chi connectivity index (χ4n) is 3.52. The molecule has 0 aromatic carbocycles. The minimum Gasteiger partial charge on any atom is -0.381 e. The molecule has 1 aliphatic heterocycles. The number of imide groups is 1. The van der Waals surface area contributed by atoms with Crippen molar-refractivity contribution in [3.8, 4) is 0 Å². The molecule has 2 amide bonds. The van der Waals surface area contributed by atoms with Crippen molar-refractivity contribution < 1.29 is 14.3 Å². The Morgan fingerprint density at radius 3 is 2.83 bits per heavy atom. The van der Waals surface area contributed by atoms with Gasteiger partial charge in [0.1, 0.15) is 0 Å².